The number of carbonyl (C=O) groups excluding carboxylic acids is 2. The molecule has 2 atom stereocenters. The van der Waals surface area contributed by atoms with Crippen molar-refractivity contribution in [2.24, 2.45) is 0 Å². The lowest BCUT2D eigenvalue weighted by Crippen LogP contribution is -2.29. The summed E-state index contributed by atoms with van der Waals surface area (Å²) in [6.45, 7) is 1.98. The third kappa shape index (κ3) is 2.90. The van der Waals surface area contributed by atoms with Crippen LogP contribution < -0.4 is 9.64 Å². The van der Waals surface area contributed by atoms with E-state index in [4.69, 9.17) is 4.74 Å². The first kappa shape index (κ1) is 18.6. The fraction of sp³-hybridized carbons (Fsp3) is 0.174. The van der Waals surface area contributed by atoms with Gasteiger partial charge in [0.15, 0.2) is 5.13 Å². The molecule has 0 bridgehead atoms. The summed E-state index contributed by atoms with van der Waals surface area (Å²) in [5.41, 5.74) is 2.25. The minimum atomic E-state index is -0.749. The van der Waals surface area contributed by atoms with Crippen LogP contribution in [0.2, 0.25) is 0 Å². The molecule has 1 aromatic heterocycles. The third-order valence-electron chi connectivity index (χ3n) is 5.35. The number of fused-ring (bicyclic) bond motifs is 1. The van der Waals surface area contributed by atoms with Gasteiger partial charge in [-0.05, 0) is 36.2 Å². The van der Waals surface area contributed by atoms with Gasteiger partial charge in [-0.25, -0.2) is 4.98 Å². The molecule has 0 radical (unpaired) electrons. The first-order valence-electron chi connectivity index (χ1n) is 9.60. The van der Waals surface area contributed by atoms with E-state index in [1.165, 1.54) is 16.2 Å². The van der Waals surface area contributed by atoms with Crippen molar-refractivity contribution >= 4 is 33.9 Å². The Morgan fingerprint density at radius 3 is 2.73 bits per heavy atom. The van der Waals surface area contributed by atoms with E-state index in [1.54, 1.807) is 23.7 Å². The number of benzene rings is 2. The summed E-state index contributed by atoms with van der Waals surface area (Å²) < 4.78 is 5.73. The van der Waals surface area contributed by atoms with Crippen molar-refractivity contribution in [1.29, 1.82) is 0 Å². The van der Waals surface area contributed by atoms with Crippen LogP contribution in [-0.4, -0.2) is 27.9 Å². The molecule has 1 N–H and O–H groups in total. The van der Waals surface area contributed by atoms with E-state index in [0.29, 0.717) is 10.7 Å². The molecule has 2 aliphatic rings. The normalized spacial score (nSPS) is 22.2. The van der Waals surface area contributed by atoms with Crippen LogP contribution in [-0.2, 0) is 16.0 Å². The van der Waals surface area contributed by atoms with E-state index < -0.39 is 17.7 Å². The zero-order chi connectivity index (χ0) is 20.8. The van der Waals surface area contributed by atoms with Crippen LogP contribution in [0.3, 0.4) is 0 Å². The number of aliphatic hydroxyl groups is 1. The lowest BCUT2D eigenvalue weighted by atomic mass is 9.94. The maximum atomic E-state index is 13.0. The van der Waals surface area contributed by atoms with E-state index in [9.17, 15) is 14.7 Å². The smallest absolute Gasteiger partial charge is 0.301 e. The Morgan fingerprint density at radius 2 is 2.00 bits per heavy atom. The predicted octanol–water partition coefficient (Wildman–Crippen LogP) is 4.09. The van der Waals surface area contributed by atoms with Crippen LogP contribution in [0, 0.1) is 0 Å². The molecule has 2 aromatic carbocycles. The Hall–Kier alpha value is -3.45. The SMILES string of the molecule is C[C@H]1Cc2cc(C(O)=C3C(=O)C(=O)N(c4nccs4)[C@@H]3c3ccccc3)ccc2O1. The Bertz CT molecular complexity index is 1170. The predicted molar refractivity (Wildman–Crippen MR) is 114 cm³/mol. The van der Waals surface area contributed by atoms with Gasteiger partial charge in [0.2, 0.25) is 0 Å². The quantitative estimate of drug-likeness (QED) is 0.394. The highest BCUT2D eigenvalue weighted by Gasteiger charge is 2.48. The van der Waals surface area contributed by atoms with E-state index >= 15 is 0 Å². The fourth-order valence-corrected chi connectivity index (χ4v) is 4.71. The number of ether oxygens (including phenoxy) is 1. The molecule has 30 heavy (non-hydrogen) atoms. The molecule has 0 unspecified atom stereocenters. The van der Waals surface area contributed by atoms with Gasteiger partial charge in [-0.3, -0.25) is 14.5 Å². The number of aromatic nitrogens is 1. The van der Waals surface area contributed by atoms with Gasteiger partial charge in [0.1, 0.15) is 17.6 Å². The van der Waals surface area contributed by atoms with Crippen LogP contribution in [0.5, 0.6) is 5.75 Å². The fourth-order valence-electron chi connectivity index (χ4n) is 4.04. The number of ketones is 1. The minimum absolute atomic E-state index is 0.0633. The monoisotopic (exact) mass is 418 g/mol. The summed E-state index contributed by atoms with van der Waals surface area (Å²) >= 11 is 1.27. The van der Waals surface area contributed by atoms with Crippen molar-refractivity contribution in [2.45, 2.75) is 25.5 Å². The van der Waals surface area contributed by atoms with Crippen molar-refractivity contribution in [3.05, 3.63) is 82.4 Å². The number of aliphatic hydroxyl groups excluding tert-OH is 1. The molecule has 0 saturated carbocycles. The van der Waals surface area contributed by atoms with E-state index in [1.807, 2.05) is 43.3 Å². The molecule has 0 aliphatic carbocycles. The van der Waals surface area contributed by atoms with Gasteiger partial charge < -0.3 is 9.84 Å². The number of hydrogen-bond donors (Lipinski definition) is 1. The number of anilines is 1. The number of rotatable bonds is 3. The van der Waals surface area contributed by atoms with E-state index in [0.717, 1.165) is 23.3 Å². The molecule has 5 rings (SSSR count). The van der Waals surface area contributed by atoms with Crippen LogP contribution in [0.25, 0.3) is 5.76 Å². The molecule has 3 heterocycles. The lowest BCUT2D eigenvalue weighted by molar-refractivity contribution is -0.132. The molecule has 0 spiro atoms. The first-order chi connectivity index (χ1) is 14.5. The lowest BCUT2D eigenvalue weighted by Gasteiger charge is -2.22. The van der Waals surface area contributed by atoms with Gasteiger partial charge in [-0.1, -0.05) is 30.3 Å². The highest BCUT2D eigenvalue weighted by atomic mass is 32.1. The van der Waals surface area contributed by atoms with Crippen molar-refractivity contribution < 1.29 is 19.4 Å². The van der Waals surface area contributed by atoms with Crippen molar-refractivity contribution in [3.63, 3.8) is 0 Å². The molecule has 7 heteroatoms. The Balaban J connectivity index is 1.68. The number of thiazole rings is 1. The first-order valence-corrected chi connectivity index (χ1v) is 10.5. The van der Waals surface area contributed by atoms with E-state index in [-0.39, 0.29) is 17.4 Å². The molecule has 3 aromatic rings. The summed E-state index contributed by atoms with van der Waals surface area (Å²) in [6, 6.07) is 13.8. The van der Waals surface area contributed by atoms with Gasteiger partial charge in [0.05, 0.1) is 11.6 Å². The third-order valence-corrected chi connectivity index (χ3v) is 6.13. The van der Waals surface area contributed by atoms with Crippen molar-refractivity contribution in [3.8, 4) is 5.75 Å². The topological polar surface area (TPSA) is 79.7 Å². The maximum Gasteiger partial charge on any atom is 0.301 e. The summed E-state index contributed by atoms with van der Waals surface area (Å²) in [5.74, 6) is -0.828. The standard InChI is InChI=1S/C23H18N2O4S/c1-13-11-16-12-15(7-8-17(16)29-13)20(26)18-19(14-5-3-2-4-6-14)25(22(28)21(18)27)23-24-9-10-30-23/h2-10,12-13,19,26H,11H2,1H3/t13-,19+/m0/s1. The molecular weight excluding hydrogens is 400 g/mol. The molecule has 6 nitrogen and oxygen atoms in total. The number of nitrogens with zero attached hydrogens (tertiary/aromatic N) is 2. The number of Topliss-reactive ketones (excluding diaryl/α,β-unsaturated/α-hetero) is 1. The average Bonchev–Trinajstić information content (AvgIpc) is 3.46. The average molecular weight is 418 g/mol. The van der Waals surface area contributed by atoms with Gasteiger partial charge in [0.25, 0.3) is 5.78 Å². The van der Waals surface area contributed by atoms with Crippen LogP contribution >= 0.6 is 11.3 Å². The van der Waals surface area contributed by atoms with E-state index in [2.05, 4.69) is 4.98 Å². The number of carbonyl (C=O) groups is 2. The molecule has 1 fully saturated rings. The summed E-state index contributed by atoms with van der Waals surface area (Å²) in [7, 11) is 0. The zero-order valence-corrected chi connectivity index (χ0v) is 16.9. The highest BCUT2D eigenvalue weighted by Crippen LogP contribution is 2.43. The summed E-state index contributed by atoms with van der Waals surface area (Å²) in [6.07, 6.45) is 2.38. The second kappa shape index (κ2) is 7.11. The summed E-state index contributed by atoms with van der Waals surface area (Å²) in [5, 5.41) is 13.3. The zero-order valence-electron chi connectivity index (χ0n) is 16.1. The molecule has 2 aliphatic heterocycles. The number of hydrogen-bond acceptors (Lipinski definition) is 6. The minimum Gasteiger partial charge on any atom is -0.507 e. The second-order valence-electron chi connectivity index (χ2n) is 7.35. The number of amides is 1. The van der Waals surface area contributed by atoms with Crippen LogP contribution in [0.1, 0.15) is 29.7 Å². The molecule has 1 saturated heterocycles. The highest BCUT2D eigenvalue weighted by molar-refractivity contribution is 7.14. The molecule has 150 valence electrons. The van der Waals surface area contributed by atoms with Crippen LogP contribution in [0.15, 0.2) is 65.7 Å². The second-order valence-corrected chi connectivity index (χ2v) is 8.22. The maximum absolute atomic E-state index is 13.0. The van der Waals surface area contributed by atoms with Crippen molar-refractivity contribution in [1.82, 2.24) is 4.98 Å². The Morgan fingerprint density at radius 1 is 1.20 bits per heavy atom. The summed E-state index contributed by atoms with van der Waals surface area (Å²) in [4.78, 5) is 31.6. The Kier molecular flexibility index (Phi) is 4.40. The van der Waals surface area contributed by atoms with Gasteiger partial charge in [-0.2, -0.15) is 0 Å². The van der Waals surface area contributed by atoms with Gasteiger partial charge in [-0.15, -0.1) is 11.3 Å². The van der Waals surface area contributed by atoms with Crippen molar-refractivity contribution in [2.75, 3.05) is 4.90 Å². The van der Waals surface area contributed by atoms with Gasteiger partial charge >= 0.3 is 5.91 Å². The molecular formula is C23H18N2O4S. The van der Waals surface area contributed by atoms with Gasteiger partial charge in [0, 0.05) is 23.6 Å². The Labute approximate surface area is 177 Å². The molecule has 1 amide bonds. The van der Waals surface area contributed by atoms with Crippen LogP contribution in [0.4, 0.5) is 5.13 Å². The largest absolute Gasteiger partial charge is 0.507 e.